The van der Waals surface area contributed by atoms with Crippen molar-refractivity contribution in [1.82, 2.24) is 4.90 Å². The van der Waals surface area contributed by atoms with Crippen LogP contribution < -0.4 is 0 Å². The van der Waals surface area contributed by atoms with Crippen LogP contribution in [0.15, 0.2) is 54.6 Å². The fraction of sp³-hybridized carbons (Fsp3) is 0.407. The number of carbonyl (C=O) groups excluding carboxylic acids is 1. The van der Waals surface area contributed by atoms with E-state index < -0.39 is 12.1 Å². The highest BCUT2D eigenvalue weighted by molar-refractivity contribution is 6.30. The zero-order valence-electron chi connectivity index (χ0n) is 19.0. The molecule has 0 aromatic heterocycles. The van der Waals surface area contributed by atoms with Gasteiger partial charge in [-0.1, -0.05) is 60.9 Å². The summed E-state index contributed by atoms with van der Waals surface area (Å²) in [5.41, 5.74) is 3.98. The number of benzene rings is 2. The van der Waals surface area contributed by atoms with Gasteiger partial charge in [0.15, 0.2) is 0 Å². The van der Waals surface area contributed by atoms with Gasteiger partial charge >= 0.3 is 5.97 Å². The third kappa shape index (κ3) is 7.18. The number of carboxylic acid groups (broad SMARTS) is 1. The lowest BCUT2D eigenvalue weighted by molar-refractivity contribution is -0.137. The summed E-state index contributed by atoms with van der Waals surface area (Å²) in [6.45, 7) is 2.68. The summed E-state index contributed by atoms with van der Waals surface area (Å²) in [5.74, 6) is -0.618. The highest BCUT2D eigenvalue weighted by atomic mass is 35.5. The minimum Gasteiger partial charge on any atom is -0.481 e. The fourth-order valence-electron chi connectivity index (χ4n) is 4.34. The minimum absolute atomic E-state index is 0.00661. The van der Waals surface area contributed by atoms with Crippen LogP contribution in [0.1, 0.15) is 62.2 Å². The van der Waals surface area contributed by atoms with Crippen molar-refractivity contribution in [3.63, 3.8) is 0 Å². The number of carboxylic acids is 1. The Balaban J connectivity index is 1.59. The number of halogens is 1. The molecule has 0 saturated carbocycles. The summed E-state index contributed by atoms with van der Waals surface area (Å²) in [6.07, 6.45) is 7.74. The van der Waals surface area contributed by atoms with E-state index in [1.54, 1.807) is 6.08 Å². The lowest BCUT2D eigenvalue weighted by atomic mass is 9.97. The maximum absolute atomic E-state index is 12.3. The predicted molar refractivity (Wildman–Crippen MR) is 131 cm³/mol. The Morgan fingerprint density at radius 1 is 1.18 bits per heavy atom. The monoisotopic (exact) mass is 469 g/mol. The number of nitrogens with zero attached hydrogens (tertiary/aromatic N) is 1. The van der Waals surface area contributed by atoms with Crippen molar-refractivity contribution in [2.45, 2.75) is 64.0 Å². The highest BCUT2D eigenvalue weighted by Crippen LogP contribution is 2.29. The predicted octanol–water partition coefficient (Wildman–Crippen LogP) is 5.93. The largest absolute Gasteiger partial charge is 0.481 e. The third-order valence-electron chi connectivity index (χ3n) is 6.16. The molecule has 0 spiro atoms. The minimum atomic E-state index is -0.762. The molecule has 1 heterocycles. The molecular weight excluding hydrogens is 438 g/mol. The van der Waals surface area contributed by atoms with Crippen molar-refractivity contribution in [1.29, 1.82) is 0 Å². The molecule has 2 atom stereocenters. The van der Waals surface area contributed by atoms with Crippen molar-refractivity contribution >= 4 is 23.5 Å². The molecule has 2 aromatic rings. The molecule has 0 radical (unpaired) electrons. The van der Waals surface area contributed by atoms with E-state index in [2.05, 4.69) is 0 Å². The zero-order chi connectivity index (χ0) is 23.8. The van der Waals surface area contributed by atoms with E-state index in [4.69, 9.17) is 16.7 Å². The van der Waals surface area contributed by atoms with Crippen LogP contribution in [0.4, 0.5) is 0 Å². The second-order valence-electron chi connectivity index (χ2n) is 8.67. The summed E-state index contributed by atoms with van der Waals surface area (Å²) in [7, 11) is 0. The van der Waals surface area contributed by atoms with Gasteiger partial charge in [-0.2, -0.15) is 0 Å². The molecule has 1 amide bonds. The molecule has 1 aliphatic rings. The molecule has 0 aliphatic carbocycles. The molecule has 0 bridgehead atoms. The van der Waals surface area contributed by atoms with Crippen LogP contribution in [-0.2, 0) is 9.59 Å². The molecule has 1 fully saturated rings. The van der Waals surface area contributed by atoms with E-state index in [0.29, 0.717) is 24.4 Å². The van der Waals surface area contributed by atoms with Crippen LogP contribution in [0.25, 0.3) is 11.1 Å². The maximum Gasteiger partial charge on any atom is 0.303 e. The van der Waals surface area contributed by atoms with Crippen LogP contribution in [-0.4, -0.2) is 39.6 Å². The Morgan fingerprint density at radius 2 is 1.97 bits per heavy atom. The second-order valence-corrected chi connectivity index (χ2v) is 9.10. The molecule has 176 valence electrons. The lowest BCUT2D eigenvalue weighted by Gasteiger charge is -2.22. The van der Waals surface area contributed by atoms with Crippen molar-refractivity contribution in [2.24, 2.45) is 0 Å². The summed E-state index contributed by atoms with van der Waals surface area (Å²) < 4.78 is 0. The third-order valence-corrected chi connectivity index (χ3v) is 6.39. The Morgan fingerprint density at radius 3 is 2.73 bits per heavy atom. The molecular formula is C27H32ClNO4. The Hall–Kier alpha value is -2.63. The Bertz CT molecular complexity index is 1000. The van der Waals surface area contributed by atoms with Crippen molar-refractivity contribution < 1.29 is 19.8 Å². The molecule has 5 nitrogen and oxygen atoms in total. The highest BCUT2D eigenvalue weighted by Gasteiger charge is 2.28. The van der Waals surface area contributed by atoms with E-state index >= 15 is 0 Å². The molecule has 1 unspecified atom stereocenters. The number of aliphatic hydroxyl groups excluding tert-OH is 1. The van der Waals surface area contributed by atoms with E-state index in [-0.39, 0.29) is 18.4 Å². The molecule has 6 heteroatoms. The Labute approximate surface area is 200 Å². The number of hydrogen-bond donors (Lipinski definition) is 2. The zero-order valence-corrected chi connectivity index (χ0v) is 19.8. The Kier molecular flexibility index (Phi) is 9.10. The smallest absolute Gasteiger partial charge is 0.303 e. The molecule has 2 aromatic carbocycles. The quantitative estimate of drug-likeness (QED) is 0.315. The van der Waals surface area contributed by atoms with Crippen molar-refractivity contribution in [2.75, 3.05) is 6.54 Å². The van der Waals surface area contributed by atoms with Crippen molar-refractivity contribution in [3.05, 3.63) is 70.8 Å². The van der Waals surface area contributed by atoms with Gasteiger partial charge in [-0.15, -0.1) is 0 Å². The van der Waals surface area contributed by atoms with Gasteiger partial charge in [-0.05, 0) is 66.6 Å². The van der Waals surface area contributed by atoms with Gasteiger partial charge in [-0.25, -0.2) is 0 Å². The molecule has 2 N–H and O–H groups in total. The normalized spacial score (nSPS) is 17.1. The molecule has 1 aliphatic heterocycles. The number of likely N-dealkylation sites (tertiary alicyclic amines) is 1. The van der Waals surface area contributed by atoms with Crippen molar-refractivity contribution in [3.8, 4) is 11.1 Å². The number of carbonyl (C=O) groups is 2. The van der Waals surface area contributed by atoms with Gasteiger partial charge < -0.3 is 15.1 Å². The van der Waals surface area contributed by atoms with Gasteiger partial charge in [0.2, 0.25) is 5.91 Å². The topological polar surface area (TPSA) is 77.8 Å². The van der Waals surface area contributed by atoms with Gasteiger partial charge in [0.1, 0.15) is 0 Å². The standard InChI is InChI=1S/C27H32ClNO4/c1-19-17-22(28)10-13-24(19)20-7-6-8-21(18-20)25(30)14-11-23-12-15-26(31)29(23)16-5-3-2-4-9-27(32)33/h6-8,10-11,13-14,17-18,23,25,30H,2-5,9,12,15-16H2,1H3,(H,32,33)/b14-11+/t23?,25-/m1/s1. The van der Waals surface area contributed by atoms with Crippen LogP contribution in [0, 0.1) is 6.92 Å². The second kappa shape index (κ2) is 12.0. The van der Waals surface area contributed by atoms with E-state index in [0.717, 1.165) is 47.9 Å². The number of hydrogen-bond acceptors (Lipinski definition) is 3. The molecule has 33 heavy (non-hydrogen) atoms. The number of unbranched alkanes of at least 4 members (excludes halogenated alkanes) is 3. The average molecular weight is 470 g/mol. The van der Waals surface area contributed by atoms with Gasteiger partial charge in [0.05, 0.1) is 12.1 Å². The number of aliphatic carboxylic acids is 1. The number of aliphatic hydroxyl groups is 1. The van der Waals surface area contributed by atoms with Crippen LogP contribution in [0.5, 0.6) is 0 Å². The van der Waals surface area contributed by atoms with Crippen LogP contribution >= 0.6 is 11.6 Å². The summed E-state index contributed by atoms with van der Waals surface area (Å²) in [5, 5.41) is 20.2. The first kappa shape index (κ1) is 25.0. The summed E-state index contributed by atoms with van der Waals surface area (Å²) in [6, 6.07) is 13.6. The van der Waals surface area contributed by atoms with Gasteiger partial charge in [-0.3, -0.25) is 9.59 Å². The van der Waals surface area contributed by atoms with E-state index in [9.17, 15) is 14.7 Å². The number of rotatable bonds is 11. The molecule has 3 rings (SSSR count). The summed E-state index contributed by atoms with van der Waals surface area (Å²) >= 11 is 6.08. The summed E-state index contributed by atoms with van der Waals surface area (Å²) in [4.78, 5) is 24.8. The SMILES string of the molecule is Cc1cc(Cl)ccc1-c1cccc([C@H](O)/C=C/C2CCC(=O)N2CCCCCCC(=O)O)c1. The van der Waals surface area contributed by atoms with Crippen LogP contribution in [0.3, 0.4) is 0 Å². The molecule has 1 saturated heterocycles. The van der Waals surface area contributed by atoms with E-state index in [1.807, 2.05) is 60.4 Å². The lowest BCUT2D eigenvalue weighted by Crippen LogP contribution is -2.32. The number of aryl methyl sites for hydroxylation is 1. The van der Waals surface area contributed by atoms with Crippen LogP contribution in [0.2, 0.25) is 5.02 Å². The first-order valence-corrected chi connectivity index (χ1v) is 12.0. The maximum atomic E-state index is 12.3. The fourth-order valence-corrected chi connectivity index (χ4v) is 4.57. The average Bonchev–Trinajstić information content (AvgIpc) is 3.13. The van der Waals surface area contributed by atoms with E-state index in [1.165, 1.54) is 0 Å². The first-order chi connectivity index (χ1) is 15.8. The van der Waals surface area contributed by atoms with Gasteiger partial charge in [0, 0.05) is 24.4 Å². The van der Waals surface area contributed by atoms with Gasteiger partial charge in [0.25, 0.3) is 0 Å². The first-order valence-electron chi connectivity index (χ1n) is 11.6. The number of amides is 1.